The average Bonchev–Trinajstić information content (AvgIpc) is 2.81. The van der Waals surface area contributed by atoms with Gasteiger partial charge in [-0.1, -0.05) is 17.7 Å². The second-order valence-corrected chi connectivity index (χ2v) is 7.65. The quantitative estimate of drug-likeness (QED) is 0.907. The van der Waals surface area contributed by atoms with E-state index in [1.54, 1.807) is 29.2 Å². The van der Waals surface area contributed by atoms with E-state index in [2.05, 4.69) is 10.2 Å². The van der Waals surface area contributed by atoms with Crippen LogP contribution in [0, 0.1) is 5.92 Å². The summed E-state index contributed by atoms with van der Waals surface area (Å²) in [5.74, 6) is 0.863. The van der Waals surface area contributed by atoms with E-state index in [4.69, 9.17) is 16.3 Å². The molecule has 1 aliphatic heterocycles. The Labute approximate surface area is 150 Å². The van der Waals surface area contributed by atoms with Gasteiger partial charge in [0.1, 0.15) is 11.4 Å². The number of hydrogen-bond acceptors (Lipinski definition) is 4. The van der Waals surface area contributed by atoms with Crippen molar-refractivity contribution in [1.82, 2.24) is 19.7 Å². The molecule has 1 fully saturated rings. The van der Waals surface area contributed by atoms with E-state index >= 15 is 0 Å². The van der Waals surface area contributed by atoms with Gasteiger partial charge in [0.15, 0.2) is 0 Å². The van der Waals surface area contributed by atoms with Gasteiger partial charge in [-0.25, -0.2) is 19.3 Å². The van der Waals surface area contributed by atoms with Crippen molar-refractivity contribution in [3.63, 3.8) is 0 Å². The van der Waals surface area contributed by atoms with Crippen LogP contribution in [-0.4, -0.2) is 44.4 Å². The van der Waals surface area contributed by atoms with Gasteiger partial charge >= 0.3 is 11.8 Å². The van der Waals surface area contributed by atoms with E-state index in [9.17, 15) is 9.59 Å². The lowest BCUT2D eigenvalue weighted by molar-refractivity contribution is -0.00119. The molecule has 1 saturated heterocycles. The van der Waals surface area contributed by atoms with Crippen molar-refractivity contribution in [1.29, 1.82) is 0 Å². The molecule has 0 radical (unpaired) electrons. The normalized spacial score (nSPS) is 15.1. The van der Waals surface area contributed by atoms with Crippen LogP contribution in [0.15, 0.2) is 29.1 Å². The molecule has 8 heteroatoms. The lowest BCUT2D eigenvalue weighted by atomic mass is 9.96. The van der Waals surface area contributed by atoms with Crippen LogP contribution in [-0.2, 0) is 11.2 Å². The molecule has 0 unspecified atom stereocenters. The van der Waals surface area contributed by atoms with Gasteiger partial charge in [0.25, 0.3) is 0 Å². The fourth-order valence-electron chi connectivity index (χ4n) is 2.78. The molecule has 1 amide bonds. The Morgan fingerprint density at radius 2 is 2.12 bits per heavy atom. The minimum atomic E-state index is -0.503. The number of amides is 1. The highest BCUT2D eigenvalue weighted by Gasteiger charge is 2.34. The summed E-state index contributed by atoms with van der Waals surface area (Å²) in [6.07, 6.45) is 0.280. The molecule has 1 aromatic carbocycles. The van der Waals surface area contributed by atoms with Crippen LogP contribution < -0.4 is 5.69 Å². The van der Waals surface area contributed by atoms with Crippen molar-refractivity contribution < 1.29 is 9.53 Å². The number of aromatic amines is 1. The number of H-pyrrole nitrogens is 1. The second kappa shape index (κ2) is 6.55. The highest BCUT2D eigenvalue weighted by atomic mass is 35.5. The molecule has 7 nitrogen and oxygen atoms in total. The third-order valence-corrected chi connectivity index (χ3v) is 4.12. The number of rotatable bonds is 3. The van der Waals surface area contributed by atoms with Crippen LogP contribution in [0.1, 0.15) is 26.6 Å². The predicted molar refractivity (Wildman–Crippen MR) is 94.2 cm³/mol. The molecule has 0 saturated carbocycles. The van der Waals surface area contributed by atoms with Gasteiger partial charge in [-0.05, 0) is 39.0 Å². The number of hydrogen-bond donors (Lipinski definition) is 1. The molecule has 134 valence electrons. The minimum Gasteiger partial charge on any atom is -0.444 e. The van der Waals surface area contributed by atoms with Crippen LogP contribution in [0.2, 0.25) is 5.02 Å². The number of carbonyl (C=O) groups is 1. The fraction of sp³-hybridized carbons (Fsp3) is 0.471. The standard InChI is InChI=1S/C17H21ClN4O3/c1-17(2,3)25-16(24)21-9-11(10-21)7-14-19-20-15(23)22(14)13-6-4-5-12(18)8-13/h4-6,8,11H,7,9-10H2,1-3H3,(H,20,23). The fourth-order valence-corrected chi connectivity index (χ4v) is 2.97. The SMILES string of the molecule is CC(C)(C)OC(=O)N1CC(Cc2n[nH]c(=O)n2-c2cccc(Cl)c2)C1. The maximum Gasteiger partial charge on any atom is 0.410 e. The van der Waals surface area contributed by atoms with E-state index in [-0.39, 0.29) is 17.7 Å². The molecular weight excluding hydrogens is 344 g/mol. The van der Waals surface area contributed by atoms with Gasteiger partial charge in [-0.2, -0.15) is 5.10 Å². The van der Waals surface area contributed by atoms with Crippen LogP contribution in [0.3, 0.4) is 0 Å². The first-order chi connectivity index (χ1) is 11.7. The number of likely N-dealkylation sites (tertiary alicyclic amines) is 1. The summed E-state index contributed by atoms with van der Waals surface area (Å²) in [6, 6.07) is 7.06. The van der Waals surface area contributed by atoms with Crippen molar-refractivity contribution >= 4 is 17.7 Å². The van der Waals surface area contributed by atoms with Crippen molar-refractivity contribution in [2.75, 3.05) is 13.1 Å². The zero-order valence-corrected chi connectivity index (χ0v) is 15.2. The summed E-state index contributed by atoms with van der Waals surface area (Å²) in [6.45, 7) is 6.71. The first-order valence-electron chi connectivity index (χ1n) is 8.13. The van der Waals surface area contributed by atoms with Gasteiger partial charge in [0.2, 0.25) is 0 Å². The number of carbonyl (C=O) groups excluding carboxylic acids is 1. The highest BCUT2D eigenvalue weighted by Crippen LogP contribution is 2.23. The van der Waals surface area contributed by atoms with E-state index in [0.717, 1.165) is 0 Å². The molecule has 0 spiro atoms. The summed E-state index contributed by atoms with van der Waals surface area (Å²) in [5, 5.41) is 7.16. The molecule has 1 aromatic heterocycles. The topological polar surface area (TPSA) is 80.2 Å². The monoisotopic (exact) mass is 364 g/mol. The Kier molecular flexibility index (Phi) is 4.60. The molecule has 2 heterocycles. The minimum absolute atomic E-state index is 0.237. The number of aromatic nitrogens is 3. The first kappa shape index (κ1) is 17.5. The third-order valence-electron chi connectivity index (χ3n) is 3.89. The van der Waals surface area contributed by atoms with Crippen molar-refractivity contribution in [2.24, 2.45) is 5.92 Å². The average molecular weight is 365 g/mol. The predicted octanol–water partition coefficient (Wildman–Crippen LogP) is 2.62. The van der Waals surface area contributed by atoms with Gasteiger partial charge < -0.3 is 9.64 Å². The number of ether oxygens (including phenoxy) is 1. The zero-order valence-electron chi connectivity index (χ0n) is 14.5. The molecule has 0 atom stereocenters. The highest BCUT2D eigenvalue weighted by molar-refractivity contribution is 6.30. The van der Waals surface area contributed by atoms with E-state index < -0.39 is 5.60 Å². The Balaban J connectivity index is 1.67. The summed E-state index contributed by atoms with van der Waals surface area (Å²) >= 11 is 6.01. The molecule has 0 aliphatic carbocycles. The van der Waals surface area contributed by atoms with Crippen LogP contribution in [0.4, 0.5) is 4.79 Å². The van der Waals surface area contributed by atoms with Crippen LogP contribution >= 0.6 is 11.6 Å². The molecule has 0 bridgehead atoms. The smallest absolute Gasteiger partial charge is 0.410 e. The first-order valence-corrected chi connectivity index (χ1v) is 8.51. The summed E-state index contributed by atoms with van der Waals surface area (Å²) in [7, 11) is 0. The molecule has 2 aromatic rings. The lowest BCUT2D eigenvalue weighted by Crippen LogP contribution is -2.52. The third kappa shape index (κ3) is 4.04. The van der Waals surface area contributed by atoms with Crippen molar-refractivity contribution in [3.8, 4) is 5.69 Å². The van der Waals surface area contributed by atoms with Crippen LogP contribution in [0.25, 0.3) is 5.69 Å². The second-order valence-electron chi connectivity index (χ2n) is 7.22. The molecule has 1 aliphatic rings. The van der Waals surface area contributed by atoms with Gasteiger partial charge in [0, 0.05) is 30.5 Å². The van der Waals surface area contributed by atoms with Crippen molar-refractivity contribution in [2.45, 2.75) is 32.8 Å². The Morgan fingerprint density at radius 3 is 2.76 bits per heavy atom. The summed E-state index contributed by atoms with van der Waals surface area (Å²) in [4.78, 5) is 25.7. The molecule has 3 rings (SSSR count). The van der Waals surface area contributed by atoms with Crippen LogP contribution in [0.5, 0.6) is 0 Å². The summed E-state index contributed by atoms with van der Waals surface area (Å²) in [5.41, 5.74) is -0.137. The number of nitrogens with one attached hydrogen (secondary N) is 1. The number of halogens is 1. The molecular formula is C17H21ClN4O3. The maximum absolute atomic E-state index is 12.1. The Hall–Kier alpha value is -2.28. The Morgan fingerprint density at radius 1 is 1.40 bits per heavy atom. The van der Waals surface area contributed by atoms with Gasteiger partial charge in [-0.15, -0.1) is 0 Å². The van der Waals surface area contributed by atoms with E-state index in [0.29, 0.717) is 36.0 Å². The maximum atomic E-state index is 12.1. The molecule has 25 heavy (non-hydrogen) atoms. The molecule has 1 N–H and O–H groups in total. The Bertz CT molecular complexity index is 831. The van der Waals surface area contributed by atoms with Crippen molar-refractivity contribution in [3.05, 3.63) is 45.6 Å². The zero-order chi connectivity index (χ0) is 18.2. The van der Waals surface area contributed by atoms with Gasteiger partial charge in [-0.3, -0.25) is 0 Å². The summed E-state index contributed by atoms with van der Waals surface area (Å²) < 4.78 is 6.86. The van der Waals surface area contributed by atoms with E-state index in [1.165, 1.54) is 4.57 Å². The number of nitrogens with zero attached hydrogens (tertiary/aromatic N) is 3. The van der Waals surface area contributed by atoms with Gasteiger partial charge in [0.05, 0.1) is 5.69 Å². The largest absolute Gasteiger partial charge is 0.444 e. The number of benzene rings is 1. The lowest BCUT2D eigenvalue weighted by Gasteiger charge is -2.39. The van der Waals surface area contributed by atoms with E-state index in [1.807, 2.05) is 20.8 Å².